The number of halogens is 2. The maximum absolute atomic E-state index is 13.4. The van der Waals surface area contributed by atoms with Gasteiger partial charge in [-0.05, 0) is 48.5 Å². The summed E-state index contributed by atoms with van der Waals surface area (Å²) in [6.45, 7) is -0.677. The Labute approximate surface area is 217 Å². The van der Waals surface area contributed by atoms with E-state index in [1.807, 2.05) is 0 Å². The van der Waals surface area contributed by atoms with Crippen LogP contribution in [0, 0.1) is 0 Å². The van der Waals surface area contributed by atoms with Crippen LogP contribution in [0.5, 0.6) is 0 Å². The van der Waals surface area contributed by atoms with Crippen molar-refractivity contribution in [1.29, 1.82) is 0 Å². The van der Waals surface area contributed by atoms with Crippen molar-refractivity contribution in [3.8, 4) is 0 Å². The quantitative estimate of drug-likeness (QED) is 0.412. The smallest absolute Gasteiger partial charge is 0.337 e. The van der Waals surface area contributed by atoms with Gasteiger partial charge in [0.2, 0.25) is 5.91 Å². The van der Waals surface area contributed by atoms with Crippen LogP contribution in [0.3, 0.4) is 0 Å². The highest BCUT2D eigenvalue weighted by Gasteiger charge is 2.28. The third kappa shape index (κ3) is 6.34. The Morgan fingerprint density at radius 1 is 0.833 bits per heavy atom. The lowest BCUT2D eigenvalue weighted by Crippen LogP contribution is -2.38. The highest BCUT2D eigenvalue weighted by molar-refractivity contribution is 7.92. The molecule has 1 amide bonds. The highest BCUT2D eigenvalue weighted by atomic mass is 35.5. The molecular formula is C24H20Cl2N2O7S. The van der Waals surface area contributed by atoms with Crippen molar-refractivity contribution >= 4 is 62.4 Å². The van der Waals surface area contributed by atoms with Crippen molar-refractivity contribution in [3.05, 3.63) is 87.9 Å². The second-order valence-electron chi connectivity index (χ2n) is 7.28. The second kappa shape index (κ2) is 11.4. The van der Waals surface area contributed by atoms with E-state index < -0.39 is 34.4 Å². The number of amides is 1. The number of carbonyl (C=O) groups excluding carboxylic acids is 3. The molecule has 0 bridgehead atoms. The summed E-state index contributed by atoms with van der Waals surface area (Å²) in [5, 5.41) is 2.84. The van der Waals surface area contributed by atoms with Gasteiger partial charge in [0, 0.05) is 15.7 Å². The fourth-order valence-corrected chi connectivity index (χ4v) is 5.16. The molecule has 0 saturated carbocycles. The summed E-state index contributed by atoms with van der Waals surface area (Å²) in [7, 11) is -1.90. The summed E-state index contributed by atoms with van der Waals surface area (Å²) in [5.74, 6) is -2.28. The van der Waals surface area contributed by atoms with Crippen molar-refractivity contribution in [2.24, 2.45) is 0 Å². The number of methoxy groups -OCH3 is 2. The summed E-state index contributed by atoms with van der Waals surface area (Å²) < 4.78 is 37.1. The lowest BCUT2D eigenvalue weighted by atomic mass is 10.1. The lowest BCUT2D eigenvalue weighted by Gasteiger charge is -2.24. The molecule has 0 aliphatic rings. The molecule has 36 heavy (non-hydrogen) atoms. The Bertz CT molecular complexity index is 1360. The number of nitrogens with zero attached hydrogens (tertiary/aromatic N) is 1. The number of benzene rings is 3. The topological polar surface area (TPSA) is 119 Å². The molecule has 3 aromatic rings. The fourth-order valence-electron chi connectivity index (χ4n) is 3.22. The van der Waals surface area contributed by atoms with Gasteiger partial charge >= 0.3 is 11.9 Å². The zero-order valence-electron chi connectivity index (χ0n) is 19.0. The van der Waals surface area contributed by atoms with Crippen LogP contribution in [0.4, 0.5) is 11.4 Å². The van der Waals surface area contributed by atoms with E-state index in [4.69, 9.17) is 23.2 Å². The number of nitrogens with one attached hydrogen (secondary N) is 1. The Morgan fingerprint density at radius 3 is 1.86 bits per heavy atom. The third-order valence-corrected chi connectivity index (χ3v) is 7.04. The van der Waals surface area contributed by atoms with Gasteiger partial charge in [-0.1, -0.05) is 41.4 Å². The van der Waals surface area contributed by atoms with Crippen molar-refractivity contribution in [2.45, 2.75) is 4.90 Å². The van der Waals surface area contributed by atoms with Gasteiger partial charge in [0.1, 0.15) is 6.54 Å². The zero-order chi connectivity index (χ0) is 26.5. The number of ether oxygens (including phenoxy) is 2. The van der Waals surface area contributed by atoms with E-state index in [9.17, 15) is 22.8 Å². The molecule has 9 nitrogen and oxygen atoms in total. The van der Waals surface area contributed by atoms with Crippen LogP contribution in [0.2, 0.25) is 10.0 Å². The van der Waals surface area contributed by atoms with Gasteiger partial charge in [-0.2, -0.15) is 0 Å². The Hall–Kier alpha value is -3.60. The number of esters is 2. The van der Waals surface area contributed by atoms with E-state index in [0.717, 1.165) is 18.5 Å². The predicted octanol–water partition coefficient (Wildman–Crippen LogP) is 4.40. The second-order valence-corrected chi connectivity index (χ2v) is 10.0. The van der Waals surface area contributed by atoms with Crippen LogP contribution in [0.1, 0.15) is 20.7 Å². The van der Waals surface area contributed by atoms with Crippen LogP contribution in [-0.2, 0) is 24.3 Å². The number of hydrogen-bond donors (Lipinski definition) is 1. The summed E-state index contributed by atoms with van der Waals surface area (Å²) in [4.78, 5) is 37.0. The molecule has 1 N–H and O–H groups in total. The van der Waals surface area contributed by atoms with Gasteiger partial charge in [0.15, 0.2) is 0 Å². The van der Waals surface area contributed by atoms with Crippen LogP contribution in [0.25, 0.3) is 0 Å². The fraction of sp³-hybridized carbons (Fsp3) is 0.125. The molecule has 188 valence electrons. The monoisotopic (exact) mass is 550 g/mol. The maximum atomic E-state index is 13.4. The van der Waals surface area contributed by atoms with Gasteiger partial charge in [-0.15, -0.1) is 0 Å². The first-order chi connectivity index (χ1) is 17.0. The number of rotatable bonds is 8. The standard InChI is InChI=1S/C24H20Cl2N2O7S/c1-34-23(30)15-8-16(24(31)35-2)10-19(9-15)27-22(29)14-28(20-12-17(25)11-18(26)13-20)36(32,33)21-6-4-3-5-7-21/h3-13H,14H2,1-2H3,(H,27,29). The number of hydrogen-bond acceptors (Lipinski definition) is 7. The van der Waals surface area contributed by atoms with E-state index in [-0.39, 0.29) is 37.4 Å². The highest BCUT2D eigenvalue weighted by Crippen LogP contribution is 2.30. The number of anilines is 2. The molecule has 0 aliphatic heterocycles. The first-order valence-corrected chi connectivity index (χ1v) is 12.4. The van der Waals surface area contributed by atoms with Crippen LogP contribution >= 0.6 is 23.2 Å². The van der Waals surface area contributed by atoms with Gasteiger partial charge in [-0.3, -0.25) is 9.10 Å². The zero-order valence-corrected chi connectivity index (χ0v) is 21.4. The minimum Gasteiger partial charge on any atom is -0.465 e. The van der Waals surface area contributed by atoms with Crippen LogP contribution in [0.15, 0.2) is 71.6 Å². The molecule has 0 atom stereocenters. The molecule has 0 fully saturated rings. The van der Waals surface area contributed by atoms with Gasteiger partial charge in [0.25, 0.3) is 10.0 Å². The molecule has 0 aliphatic carbocycles. The van der Waals surface area contributed by atoms with E-state index in [2.05, 4.69) is 14.8 Å². The van der Waals surface area contributed by atoms with Crippen molar-refractivity contribution in [3.63, 3.8) is 0 Å². The summed E-state index contributed by atoms with van der Waals surface area (Å²) in [6, 6.07) is 15.4. The summed E-state index contributed by atoms with van der Waals surface area (Å²) >= 11 is 12.2. The largest absolute Gasteiger partial charge is 0.465 e. The first kappa shape index (κ1) is 27.0. The van der Waals surface area contributed by atoms with Crippen LogP contribution < -0.4 is 9.62 Å². The SMILES string of the molecule is COC(=O)c1cc(NC(=O)CN(c2cc(Cl)cc(Cl)c2)S(=O)(=O)c2ccccc2)cc(C(=O)OC)c1. The Morgan fingerprint density at radius 2 is 1.36 bits per heavy atom. The maximum Gasteiger partial charge on any atom is 0.337 e. The van der Waals surface area contributed by atoms with Crippen molar-refractivity contribution in [1.82, 2.24) is 0 Å². The molecule has 0 heterocycles. The van der Waals surface area contributed by atoms with Gasteiger partial charge in [0.05, 0.1) is 35.9 Å². The minimum atomic E-state index is -4.22. The molecule has 3 rings (SSSR count). The molecule has 0 saturated heterocycles. The molecule has 0 radical (unpaired) electrons. The molecular weight excluding hydrogens is 531 g/mol. The summed E-state index contributed by atoms with van der Waals surface area (Å²) in [5.41, 5.74) is 0.0618. The van der Waals surface area contributed by atoms with E-state index >= 15 is 0 Å². The summed E-state index contributed by atoms with van der Waals surface area (Å²) in [6.07, 6.45) is 0. The Kier molecular flexibility index (Phi) is 8.57. The van der Waals surface area contributed by atoms with Crippen molar-refractivity contribution in [2.75, 3.05) is 30.4 Å². The Balaban J connectivity index is 2.00. The average Bonchev–Trinajstić information content (AvgIpc) is 2.85. The van der Waals surface area contributed by atoms with Gasteiger partial charge < -0.3 is 14.8 Å². The lowest BCUT2D eigenvalue weighted by molar-refractivity contribution is -0.114. The van der Waals surface area contributed by atoms with E-state index in [1.165, 1.54) is 48.5 Å². The number of sulfonamides is 1. The molecule has 0 spiro atoms. The van der Waals surface area contributed by atoms with Crippen LogP contribution in [-0.4, -0.2) is 47.0 Å². The number of carbonyl (C=O) groups is 3. The first-order valence-electron chi connectivity index (χ1n) is 10.2. The minimum absolute atomic E-state index is 0.0221. The normalized spacial score (nSPS) is 10.9. The molecule has 0 unspecified atom stereocenters. The molecule has 0 aromatic heterocycles. The van der Waals surface area contributed by atoms with Crippen molar-refractivity contribution < 1.29 is 32.3 Å². The molecule has 12 heteroatoms. The molecule has 3 aromatic carbocycles. The third-order valence-electron chi connectivity index (χ3n) is 4.81. The van der Waals surface area contributed by atoms with E-state index in [0.29, 0.717) is 0 Å². The van der Waals surface area contributed by atoms with E-state index in [1.54, 1.807) is 18.2 Å². The predicted molar refractivity (Wildman–Crippen MR) is 135 cm³/mol. The average molecular weight is 551 g/mol. The van der Waals surface area contributed by atoms with Gasteiger partial charge in [-0.25, -0.2) is 18.0 Å².